The van der Waals surface area contributed by atoms with E-state index in [1.54, 1.807) is 13.3 Å². The van der Waals surface area contributed by atoms with E-state index in [1.807, 2.05) is 36.4 Å². The third-order valence-electron chi connectivity index (χ3n) is 3.53. The van der Waals surface area contributed by atoms with Crippen LogP contribution in [-0.2, 0) is 9.53 Å². The molecule has 2 aromatic rings. The first kappa shape index (κ1) is 13.4. The number of aromatic nitrogens is 1. The quantitative estimate of drug-likeness (QED) is 0.639. The maximum atomic E-state index is 11.5. The van der Waals surface area contributed by atoms with Crippen molar-refractivity contribution in [2.45, 2.75) is 12.5 Å². The van der Waals surface area contributed by atoms with E-state index < -0.39 is 0 Å². The number of rotatable bonds is 3. The summed E-state index contributed by atoms with van der Waals surface area (Å²) in [5.74, 6) is 0.250. The molecule has 0 N–H and O–H groups in total. The van der Waals surface area contributed by atoms with Crippen LogP contribution in [0.2, 0.25) is 0 Å². The molecule has 0 bridgehead atoms. The summed E-state index contributed by atoms with van der Waals surface area (Å²) >= 11 is 0. The number of benzene rings is 1. The van der Waals surface area contributed by atoms with Gasteiger partial charge in [-0.05, 0) is 11.6 Å². The zero-order valence-electron chi connectivity index (χ0n) is 11.7. The van der Waals surface area contributed by atoms with E-state index in [4.69, 9.17) is 9.47 Å². The number of carbonyl (C=O) groups excluding carboxylic acids is 1. The summed E-state index contributed by atoms with van der Waals surface area (Å²) < 4.78 is 10.5. The first-order valence-electron chi connectivity index (χ1n) is 6.67. The van der Waals surface area contributed by atoms with E-state index in [0.717, 1.165) is 16.7 Å². The van der Waals surface area contributed by atoms with Crippen LogP contribution in [0.3, 0.4) is 0 Å². The monoisotopic (exact) mass is 281 g/mol. The molecule has 1 aromatic carbocycles. The second-order valence-corrected chi connectivity index (χ2v) is 4.88. The molecule has 1 atom stereocenters. The Kier molecular flexibility index (Phi) is 3.44. The molecule has 4 heteroatoms. The Morgan fingerprint density at radius 2 is 2.10 bits per heavy atom. The van der Waals surface area contributed by atoms with E-state index in [1.165, 1.54) is 0 Å². The van der Waals surface area contributed by atoms with Crippen LogP contribution < -0.4 is 4.74 Å². The first-order valence-corrected chi connectivity index (χ1v) is 6.67. The van der Waals surface area contributed by atoms with Gasteiger partial charge in [0.25, 0.3) is 0 Å². The molecule has 0 radical (unpaired) electrons. The van der Waals surface area contributed by atoms with Gasteiger partial charge < -0.3 is 9.47 Å². The van der Waals surface area contributed by atoms with Crippen molar-refractivity contribution < 1.29 is 14.3 Å². The van der Waals surface area contributed by atoms with Gasteiger partial charge in [-0.3, -0.25) is 0 Å². The zero-order valence-corrected chi connectivity index (χ0v) is 11.7. The van der Waals surface area contributed by atoms with Crippen molar-refractivity contribution >= 4 is 5.97 Å². The molecule has 1 aliphatic rings. The molecule has 1 unspecified atom stereocenters. The Bertz CT molecular complexity index is 675. The standard InChI is InChI=1S/C17H15NO3/c1-11-9-15(21-17(11)19)14-6-4-3-5-13(14)12-7-8-16(20-2)18-10-12/h3-8,10,15H,1,9H2,2H3. The second kappa shape index (κ2) is 5.40. The van der Waals surface area contributed by atoms with Crippen LogP contribution in [0.1, 0.15) is 18.1 Å². The van der Waals surface area contributed by atoms with Gasteiger partial charge in [-0.2, -0.15) is 0 Å². The van der Waals surface area contributed by atoms with Crippen LogP contribution in [0.25, 0.3) is 11.1 Å². The number of carbonyl (C=O) groups is 1. The molecule has 0 saturated carbocycles. The van der Waals surface area contributed by atoms with Crippen molar-refractivity contribution in [1.82, 2.24) is 4.98 Å². The summed E-state index contributed by atoms with van der Waals surface area (Å²) in [6, 6.07) is 11.6. The third kappa shape index (κ3) is 2.52. The predicted octanol–water partition coefficient (Wildman–Crippen LogP) is 3.30. The number of ether oxygens (including phenoxy) is 2. The van der Waals surface area contributed by atoms with Crippen LogP contribution in [0.5, 0.6) is 5.88 Å². The Hall–Kier alpha value is -2.62. The number of nitrogens with zero attached hydrogens (tertiary/aromatic N) is 1. The molecule has 1 saturated heterocycles. The van der Waals surface area contributed by atoms with Crippen molar-refractivity contribution in [2.75, 3.05) is 7.11 Å². The van der Waals surface area contributed by atoms with Crippen LogP contribution in [0, 0.1) is 0 Å². The molecule has 106 valence electrons. The van der Waals surface area contributed by atoms with Gasteiger partial charge in [0.05, 0.1) is 7.11 Å². The molecule has 3 rings (SSSR count). The molecular formula is C17H15NO3. The molecule has 1 fully saturated rings. The molecule has 1 aromatic heterocycles. The van der Waals surface area contributed by atoms with Gasteiger partial charge in [0, 0.05) is 35.4 Å². The number of hydrogen-bond donors (Lipinski definition) is 0. The van der Waals surface area contributed by atoms with Gasteiger partial charge in [0.1, 0.15) is 6.10 Å². The summed E-state index contributed by atoms with van der Waals surface area (Å²) in [7, 11) is 1.58. The van der Waals surface area contributed by atoms with Gasteiger partial charge >= 0.3 is 5.97 Å². The Balaban J connectivity index is 1.99. The Labute approximate surface area is 123 Å². The number of cyclic esters (lactones) is 1. The summed E-state index contributed by atoms with van der Waals surface area (Å²) in [6.07, 6.45) is 2.01. The lowest BCUT2D eigenvalue weighted by atomic mass is 9.95. The Morgan fingerprint density at radius 1 is 1.29 bits per heavy atom. The SMILES string of the molecule is C=C1CC(c2ccccc2-c2ccc(OC)nc2)OC1=O. The molecule has 0 aliphatic carbocycles. The van der Waals surface area contributed by atoms with Crippen molar-refractivity contribution in [3.8, 4) is 17.0 Å². The van der Waals surface area contributed by atoms with Crippen molar-refractivity contribution in [1.29, 1.82) is 0 Å². The van der Waals surface area contributed by atoms with Crippen LogP contribution in [0.4, 0.5) is 0 Å². The van der Waals surface area contributed by atoms with Gasteiger partial charge in [0.2, 0.25) is 5.88 Å². The van der Waals surface area contributed by atoms with Crippen LogP contribution >= 0.6 is 0 Å². The minimum absolute atomic E-state index is 0.275. The number of hydrogen-bond acceptors (Lipinski definition) is 4. The topological polar surface area (TPSA) is 48.4 Å². The van der Waals surface area contributed by atoms with Gasteiger partial charge in [0.15, 0.2) is 0 Å². The van der Waals surface area contributed by atoms with E-state index in [2.05, 4.69) is 11.6 Å². The van der Waals surface area contributed by atoms with Gasteiger partial charge in [-0.1, -0.05) is 30.8 Å². The van der Waals surface area contributed by atoms with Crippen molar-refractivity contribution in [3.63, 3.8) is 0 Å². The zero-order chi connectivity index (χ0) is 14.8. The maximum Gasteiger partial charge on any atom is 0.334 e. The lowest BCUT2D eigenvalue weighted by molar-refractivity contribution is -0.139. The highest BCUT2D eigenvalue weighted by Crippen LogP contribution is 2.37. The van der Waals surface area contributed by atoms with Gasteiger partial charge in [-0.25, -0.2) is 9.78 Å². The molecule has 21 heavy (non-hydrogen) atoms. The maximum absolute atomic E-state index is 11.5. The fraction of sp³-hybridized carbons (Fsp3) is 0.176. The van der Waals surface area contributed by atoms with E-state index in [0.29, 0.717) is 17.9 Å². The number of pyridine rings is 1. The molecule has 0 amide bonds. The summed E-state index contributed by atoms with van der Waals surface area (Å²) in [6.45, 7) is 3.73. The first-order chi connectivity index (χ1) is 10.2. The normalized spacial score (nSPS) is 17.7. The largest absolute Gasteiger partial charge is 0.481 e. The summed E-state index contributed by atoms with van der Waals surface area (Å²) in [5.41, 5.74) is 3.44. The van der Waals surface area contributed by atoms with Crippen molar-refractivity contribution in [3.05, 3.63) is 60.3 Å². The summed E-state index contributed by atoms with van der Waals surface area (Å²) in [5, 5.41) is 0. The molecule has 1 aliphatic heterocycles. The van der Waals surface area contributed by atoms with E-state index in [-0.39, 0.29) is 12.1 Å². The molecular weight excluding hydrogens is 266 g/mol. The fourth-order valence-electron chi connectivity index (χ4n) is 2.44. The van der Waals surface area contributed by atoms with Crippen LogP contribution in [0.15, 0.2) is 54.7 Å². The molecule has 4 nitrogen and oxygen atoms in total. The minimum atomic E-state index is -0.317. The average Bonchev–Trinajstić information content (AvgIpc) is 2.87. The third-order valence-corrected chi connectivity index (χ3v) is 3.53. The lowest BCUT2D eigenvalue weighted by Gasteiger charge is -2.14. The fourth-order valence-corrected chi connectivity index (χ4v) is 2.44. The van der Waals surface area contributed by atoms with Crippen molar-refractivity contribution in [2.24, 2.45) is 0 Å². The molecule has 0 spiro atoms. The average molecular weight is 281 g/mol. The summed E-state index contributed by atoms with van der Waals surface area (Å²) in [4.78, 5) is 15.8. The Morgan fingerprint density at radius 3 is 2.71 bits per heavy atom. The highest BCUT2D eigenvalue weighted by molar-refractivity contribution is 5.90. The van der Waals surface area contributed by atoms with E-state index in [9.17, 15) is 4.79 Å². The smallest absolute Gasteiger partial charge is 0.334 e. The number of methoxy groups -OCH3 is 1. The predicted molar refractivity (Wildman–Crippen MR) is 78.8 cm³/mol. The molecule has 2 heterocycles. The second-order valence-electron chi connectivity index (χ2n) is 4.88. The van der Waals surface area contributed by atoms with Gasteiger partial charge in [-0.15, -0.1) is 0 Å². The minimum Gasteiger partial charge on any atom is -0.481 e. The highest BCUT2D eigenvalue weighted by Gasteiger charge is 2.30. The van der Waals surface area contributed by atoms with Crippen LogP contribution in [-0.4, -0.2) is 18.1 Å². The number of esters is 1. The van der Waals surface area contributed by atoms with E-state index >= 15 is 0 Å². The lowest BCUT2D eigenvalue weighted by Crippen LogP contribution is -2.01. The highest BCUT2D eigenvalue weighted by atomic mass is 16.5.